The summed E-state index contributed by atoms with van der Waals surface area (Å²) in [5, 5.41) is 0. The van der Waals surface area contributed by atoms with Crippen LogP contribution in [0.5, 0.6) is 0 Å². The molecule has 1 aliphatic heterocycles. The van der Waals surface area contributed by atoms with E-state index in [0.29, 0.717) is 18.7 Å². The molecule has 0 radical (unpaired) electrons. The fourth-order valence-corrected chi connectivity index (χ4v) is 5.19. The Bertz CT molecular complexity index is 927. The van der Waals surface area contributed by atoms with Gasteiger partial charge in [-0.15, -0.1) is 0 Å². The van der Waals surface area contributed by atoms with Crippen LogP contribution in [-0.4, -0.2) is 43.2 Å². The lowest BCUT2D eigenvalue weighted by atomic mass is 10.1. The molecule has 5 nitrogen and oxygen atoms in total. The van der Waals surface area contributed by atoms with Gasteiger partial charge in [0, 0.05) is 31.7 Å². The Hall–Kier alpha value is -2.25. The van der Waals surface area contributed by atoms with Crippen LogP contribution in [0.2, 0.25) is 0 Å². The van der Waals surface area contributed by atoms with E-state index < -0.39 is 10.0 Å². The summed E-state index contributed by atoms with van der Waals surface area (Å²) in [6, 6.07) is 12.1. The predicted molar refractivity (Wildman–Crippen MR) is 106 cm³/mol. The third-order valence-electron chi connectivity index (χ3n) is 5.13. The molecule has 150 valence electrons. The molecule has 1 unspecified atom stereocenters. The second kappa shape index (κ2) is 8.41. The highest BCUT2D eigenvalue weighted by Crippen LogP contribution is 2.25. The van der Waals surface area contributed by atoms with Gasteiger partial charge in [-0.25, -0.2) is 12.8 Å². The molecule has 0 aromatic heterocycles. The van der Waals surface area contributed by atoms with Crippen molar-refractivity contribution in [3.05, 3.63) is 65.5 Å². The molecular weight excluding hydrogens is 379 g/mol. The topological polar surface area (TPSA) is 57.7 Å². The number of hydrogen-bond donors (Lipinski definition) is 0. The number of hydrogen-bond acceptors (Lipinski definition) is 3. The van der Waals surface area contributed by atoms with Gasteiger partial charge in [0.2, 0.25) is 10.0 Å². The van der Waals surface area contributed by atoms with E-state index in [1.807, 2.05) is 6.92 Å². The standard InChI is InChI=1S/C21H25FN2O3S/c1-16-5-3-4-14-24(16)28(26,27)20-12-8-18(9-13-20)21(25)23(2)15-17-6-10-19(22)11-7-17/h6-13,16H,3-5,14-15H2,1-2H3. The van der Waals surface area contributed by atoms with E-state index in [4.69, 9.17) is 0 Å². The average Bonchev–Trinajstić information content (AvgIpc) is 2.69. The number of amides is 1. The normalized spacial score (nSPS) is 18.0. The Morgan fingerprint density at radius 2 is 1.75 bits per heavy atom. The molecule has 2 aromatic rings. The molecule has 1 heterocycles. The zero-order valence-corrected chi connectivity index (χ0v) is 17.0. The highest BCUT2D eigenvalue weighted by Gasteiger charge is 2.31. The molecular formula is C21H25FN2O3S. The number of nitrogens with zero attached hydrogens (tertiary/aromatic N) is 2. The molecule has 1 amide bonds. The predicted octanol–water partition coefficient (Wildman–Crippen LogP) is 3.66. The van der Waals surface area contributed by atoms with E-state index in [1.165, 1.54) is 29.2 Å². The molecule has 28 heavy (non-hydrogen) atoms. The molecule has 3 rings (SSSR count). The maximum Gasteiger partial charge on any atom is 0.253 e. The molecule has 1 atom stereocenters. The van der Waals surface area contributed by atoms with Crippen molar-refractivity contribution in [3.8, 4) is 0 Å². The van der Waals surface area contributed by atoms with E-state index in [-0.39, 0.29) is 22.7 Å². The lowest BCUT2D eigenvalue weighted by molar-refractivity contribution is 0.0785. The summed E-state index contributed by atoms with van der Waals surface area (Å²) in [5.74, 6) is -0.544. The van der Waals surface area contributed by atoms with Crippen molar-refractivity contribution >= 4 is 15.9 Å². The Kier molecular flexibility index (Phi) is 6.15. The fraction of sp³-hybridized carbons (Fsp3) is 0.381. The van der Waals surface area contributed by atoms with Gasteiger partial charge in [-0.1, -0.05) is 18.6 Å². The minimum absolute atomic E-state index is 0.0121. The highest BCUT2D eigenvalue weighted by molar-refractivity contribution is 7.89. The number of sulfonamides is 1. The smallest absolute Gasteiger partial charge is 0.253 e. The fourth-order valence-electron chi connectivity index (χ4n) is 3.49. The maximum atomic E-state index is 13.0. The summed E-state index contributed by atoms with van der Waals surface area (Å²) in [6.07, 6.45) is 2.78. The summed E-state index contributed by atoms with van der Waals surface area (Å²) < 4.78 is 40.3. The number of piperidine rings is 1. The Morgan fingerprint density at radius 3 is 2.36 bits per heavy atom. The summed E-state index contributed by atoms with van der Waals surface area (Å²) in [6.45, 7) is 2.80. The zero-order valence-electron chi connectivity index (χ0n) is 16.1. The summed E-state index contributed by atoms with van der Waals surface area (Å²) in [5.41, 5.74) is 1.23. The van der Waals surface area contributed by atoms with Gasteiger partial charge >= 0.3 is 0 Å². The number of benzene rings is 2. The molecule has 1 aliphatic rings. The van der Waals surface area contributed by atoms with Crippen molar-refractivity contribution in [2.75, 3.05) is 13.6 Å². The number of rotatable bonds is 5. The van der Waals surface area contributed by atoms with Crippen molar-refractivity contribution < 1.29 is 17.6 Å². The van der Waals surface area contributed by atoms with Crippen molar-refractivity contribution in [1.82, 2.24) is 9.21 Å². The van der Waals surface area contributed by atoms with Crippen molar-refractivity contribution in [1.29, 1.82) is 0 Å². The second-order valence-electron chi connectivity index (χ2n) is 7.27. The van der Waals surface area contributed by atoms with Crippen molar-refractivity contribution in [3.63, 3.8) is 0 Å². The lowest BCUT2D eigenvalue weighted by Gasteiger charge is -2.32. The first-order chi connectivity index (χ1) is 13.3. The van der Waals surface area contributed by atoms with Crippen LogP contribution in [0.1, 0.15) is 42.1 Å². The van der Waals surface area contributed by atoms with Crippen LogP contribution in [0.15, 0.2) is 53.4 Å². The third kappa shape index (κ3) is 4.42. The van der Waals surface area contributed by atoms with Crippen LogP contribution < -0.4 is 0 Å². The van der Waals surface area contributed by atoms with Gasteiger partial charge in [-0.2, -0.15) is 4.31 Å². The van der Waals surface area contributed by atoms with Crippen LogP contribution in [0.25, 0.3) is 0 Å². The first-order valence-corrected chi connectivity index (χ1v) is 10.8. The Morgan fingerprint density at radius 1 is 1.11 bits per heavy atom. The molecule has 0 N–H and O–H groups in total. The monoisotopic (exact) mass is 404 g/mol. The third-order valence-corrected chi connectivity index (χ3v) is 7.16. The number of carbonyl (C=O) groups excluding carboxylic acids is 1. The van der Waals surface area contributed by atoms with E-state index in [0.717, 1.165) is 24.8 Å². The van der Waals surface area contributed by atoms with Crippen LogP contribution in [0, 0.1) is 5.82 Å². The highest BCUT2D eigenvalue weighted by atomic mass is 32.2. The van der Waals surface area contributed by atoms with Crippen LogP contribution in [-0.2, 0) is 16.6 Å². The first kappa shape index (κ1) is 20.5. The van der Waals surface area contributed by atoms with Crippen molar-refractivity contribution in [2.24, 2.45) is 0 Å². The molecule has 0 saturated carbocycles. The van der Waals surface area contributed by atoms with Gasteiger partial charge in [0.15, 0.2) is 0 Å². The van der Waals surface area contributed by atoms with E-state index >= 15 is 0 Å². The van der Waals surface area contributed by atoms with E-state index in [2.05, 4.69) is 0 Å². The van der Waals surface area contributed by atoms with Gasteiger partial charge in [0.1, 0.15) is 5.82 Å². The van der Waals surface area contributed by atoms with Gasteiger partial charge in [0.05, 0.1) is 4.90 Å². The maximum absolute atomic E-state index is 13.0. The van der Waals surface area contributed by atoms with Crippen molar-refractivity contribution in [2.45, 2.75) is 43.7 Å². The molecule has 0 spiro atoms. The zero-order chi connectivity index (χ0) is 20.3. The van der Waals surface area contributed by atoms with E-state index in [9.17, 15) is 17.6 Å². The lowest BCUT2D eigenvalue weighted by Crippen LogP contribution is -2.41. The summed E-state index contributed by atoms with van der Waals surface area (Å²) >= 11 is 0. The minimum atomic E-state index is -3.55. The Labute approximate surface area is 165 Å². The molecule has 7 heteroatoms. The quantitative estimate of drug-likeness (QED) is 0.764. The average molecular weight is 405 g/mol. The molecule has 1 fully saturated rings. The largest absolute Gasteiger partial charge is 0.337 e. The SMILES string of the molecule is CC1CCCCN1S(=O)(=O)c1ccc(C(=O)N(C)Cc2ccc(F)cc2)cc1. The van der Waals surface area contributed by atoms with Gasteiger partial charge in [-0.3, -0.25) is 4.79 Å². The first-order valence-electron chi connectivity index (χ1n) is 9.41. The van der Waals surface area contributed by atoms with Gasteiger partial charge in [0.25, 0.3) is 5.91 Å². The number of carbonyl (C=O) groups is 1. The minimum Gasteiger partial charge on any atom is -0.337 e. The molecule has 0 bridgehead atoms. The van der Waals surface area contributed by atoms with Gasteiger partial charge < -0.3 is 4.90 Å². The molecule has 0 aliphatic carbocycles. The molecule has 2 aromatic carbocycles. The summed E-state index contributed by atoms with van der Waals surface area (Å²) in [4.78, 5) is 14.3. The Balaban J connectivity index is 1.72. The second-order valence-corrected chi connectivity index (χ2v) is 9.16. The van der Waals surface area contributed by atoms with Gasteiger partial charge in [-0.05, 0) is 61.7 Å². The number of halogens is 1. The van der Waals surface area contributed by atoms with E-state index in [1.54, 1.807) is 35.6 Å². The van der Waals surface area contributed by atoms with Crippen LogP contribution in [0.3, 0.4) is 0 Å². The van der Waals surface area contributed by atoms with Crippen LogP contribution in [0.4, 0.5) is 4.39 Å². The molecule has 1 saturated heterocycles. The summed E-state index contributed by atoms with van der Waals surface area (Å²) in [7, 11) is -1.90. The van der Waals surface area contributed by atoms with Crippen LogP contribution >= 0.6 is 0 Å².